The molecule has 0 bridgehead atoms. The molecule has 1 aromatic rings. The standard InChI is InChI=1S/C10H11NO5S/c12-10(13)2-1-7-17(16)9-5-3-8(4-6-9)11(14)15/h3-6H,1-2,7H2,(H,12,13). The van der Waals surface area contributed by atoms with Crippen molar-refractivity contribution in [2.24, 2.45) is 0 Å². The van der Waals surface area contributed by atoms with Gasteiger partial charge in [-0.25, -0.2) is 0 Å². The molecule has 1 unspecified atom stereocenters. The number of hydrogen-bond donors (Lipinski definition) is 1. The minimum Gasteiger partial charge on any atom is -0.481 e. The van der Waals surface area contributed by atoms with Crippen LogP contribution in [0.15, 0.2) is 29.2 Å². The molecule has 0 amide bonds. The van der Waals surface area contributed by atoms with E-state index in [1.807, 2.05) is 0 Å². The van der Waals surface area contributed by atoms with Crippen molar-refractivity contribution < 1.29 is 19.0 Å². The molecule has 17 heavy (non-hydrogen) atoms. The van der Waals surface area contributed by atoms with E-state index in [0.29, 0.717) is 11.3 Å². The molecule has 0 aromatic heterocycles. The average Bonchev–Trinajstić information content (AvgIpc) is 2.28. The normalized spacial score (nSPS) is 12.0. The number of benzene rings is 1. The lowest BCUT2D eigenvalue weighted by molar-refractivity contribution is -0.384. The number of non-ortho nitro benzene ring substituents is 1. The van der Waals surface area contributed by atoms with Gasteiger partial charge in [0, 0.05) is 29.2 Å². The lowest BCUT2D eigenvalue weighted by atomic mass is 10.3. The second-order valence-corrected chi connectivity index (χ2v) is 4.87. The largest absolute Gasteiger partial charge is 0.481 e. The summed E-state index contributed by atoms with van der Waals surface area (Å²) >= 11 is 0. The number of carboxylic acids is 1. The quantitative estimate of drug-likeness (QED) is 0.616. The minimum absolute atomic E-state index is 0.0290. The van der Waals surface area contributed by atoms with E-state index in [2.05, 4.69) is 0 Å². The van der Waals surface area contributed by atoms with Crippen LogP contribution in [0.4, 0.5) is 5.69 Å². The van der Waals surface area contributed by atoms with Gasteiger partial charge < -0.3 is 5.11 Å². The van der Waals surface area contributed by atoms with Gasteiger partial charge in [0.1, 0.15) is 0 Å². The maximum Gasteiger partial charge on any atom is 0.303 e. The number of carboxylic acid groups (broad SMARTS) is 1. The van der Waals surface area contributed by atoms with Crippen molar-refractivity contribution in [2.75, 3.05) is 5.75 Å². The fourth-order valence-corrected chi connectivity index (χ4v) is 2.27. The average molecular weight is 257 g/mol. The summed E-state index contributed by atoms with van der Waals surface area (Å²) in [5.41, 5.74) is -0.0590. The van der Waals surface area contributed by atoms with Gasteiger partial charge in [-0.05, 0) is 18.6 Å². The first-order chi connectivity index (χ1) is 8.00. The molecule has 1 atom stereocenters. The van der Waals surface area contributed by atoms with Crippen molar-refractivity contribution in [2.45, 2.75) is 17.7 Å². The molecule has 1 aromatic carbocycles. The van der Waals surface area contributed by atoms with Crippen LogP contribution in [0.25, 0.3) is 0 Å². The summed E-state index contributed by atoms with van der Waals surface area (Å²) in [6.07, 6.45) is 0.289. The topological polar surface area (TPSA) is 97.5 Å². The van der Waals surface area contributed by atoms with Crippen molar-refractivity contribution in [1.82, 2.24) is 0 Å². The van der Waals surface area contributed by atoms with E-state index in [1.54, 1.807) is 0 Å². The summed E-state index contributed by atoms with van der Waals surface area (Å²) < 4.78 is 11.7. The Morgan fingerprint density at radius 3 is 2.41 bits per heavy atom. The van der Waals surface area contributed by atoms with Crippen LogP contribution in [0.2, 0.25) is 0 Å². The third-order valence-corrected chi connectivity index (χ3v) is 3.49. The summed E-state index contributed by atoms with van der Waals surface area (Å²) in [6, 6.07) is 5.42. The molecule has 0 heterocycles. The summed E-state index contributed by atoms with van der Waals surface area (Å²) in [5.74, 6) is -0.685. The molecule has 0 saturated carbocycles. The highest BCUT2D eigenvalue weighted by molar-refractivity contribution is 7.85. The Balaban J connectivity index is 2.57. The molecule has 0 spiro atoms. The number of nitro groups is 1. The van der Waals surface area contributed by atoms with Gasteiger partial charge in [-0.15, -0.1) is 0 Å². The van der Waals surface area contributed by atoms with Crippen molar-refractivity contribution in [1.29, 1.82) is 0 Å². The molecule has 92 valence electrons. The third kappa shape index (κ3) is 4.31. The number of rotatable bonds is 6. The first-order valence-electron chi connectivity index (χ1n) is 4.85. The van der Waals surface area contributed by atoms with Crippen LogP contribution < -0.4 is 0 Å². The van der Waals surface area contributed by atoms with Gasteiger partial charge in [0.05, 0.1) is 15.7 Å². The zero-order valence-corrected chi connectivity index (χ0v) is 9.68. The maximum absolute atomic E-state index is 11.7. The Kier molecular flexibility index (Phi) is 4.77. The van der Waals surface area contributed by atoms with Crippen molar-refractivity contribution >= 4 is 22.5 Å². The van der Waals surface area contributed by atoms with Gasteiger partial charge in [-0.3, -0.25) is 19.1 Å². The van der Waals surface area contributed by atoms with Crippen LogP contribution in [0, 0.1) is 10.1 Å². The Morgan fingerprint density at radius 1 is 1.35 bits per heavy atom. The van der Waals surface area contributed by atoms with Crippen LogP contribution >= 0.6 is 0 Å². The van der Waals surface area contributed by atoms with Crippen molar-refractivity contribution in [3.8, 4) is 0 Å². The van der Waals surface area contributed by atoms with Crippen LogP contribution in [-0.2, 0) is 15.6 Å². The Hall–Kier alpha value is -1.76. The van der Waals surface area contributed by atoms with E-state index in [-0.39, 0.29) is 17.9 Å². The van der Waals surface area contributed by atoms with Gasteiger partial charge in [-0.2, -0.15) is 0 Å². The number of carbonyl (C=O) groups is 1. The predicted octanol–water partition coefficient (Wildman–Crippen LogP) is 1.57. The van der Waals surface area contributed by atoms with Gasteiger partial charge >= 0.3 is 5.97 Å². The lowest BCUT2D eigenvalue weighted by Crippen LogP contribution is -2.02. The van der Waals surface area contributed by atoms with Crippen molar-refractivity contribution in [3.05, 3.63) is 34.4 Å². The number of hydrogen-bond acceptors (Lipinski definition) is 4. The number of aliphatic carboxylic acids is 1. The second kappa shape index (κ2) is 6.09. The molecule has 1 rings (SSSR count). The highest BCUT2D eigenvalue weighted by Gasteiger charge is 2.08. The van der Waals surface area contributed by atoms with E-state index < -0.39 is 21.7 Å². The molecule has 6 nitrogen and oxygen atoms in total. The number of nitrogens with zero attached hydrogens (tertiary/aromatic N) is 1. The number of nitro benzene ring substituents is 1. The fraction of sp³-hybridized carbons (Fsp3) is 0.300. The first-order valence-corrected chi connectivity index (χ1v) is 6.17. The molecular formula is C10H11NO5S. The highest BCUT2D eigenvalue weighted by Crippen LogP contribution is 2.15. The van der Waals surface area contributed by atoms with Crippen LogP contribution in [0.5, 0.6) is 0 Å². The molecule has 0 aliphatic rings. The van der Waals surface area contributed by atoms with Crippen LogP contribution in [0.3, 0.4) is 0 Å². The summed E-state index contributed by atoms with van der Waals surface area (Å²) in [5, 5.41) is 18.8. The first kappa shape index (κ1) is 13.3. The molecule has 0 radical (unpaired) electrons. The second-order valence-electron chi connectivity index (χ2n) is 3.30. The fourth-order valence-electron chi connectivity index (χ4n) is 1.19. The lowest BCUT2D eigenvalue weighted by Gasteiger charge is -2.00. The molecule has 0 saturated heterocycles. The minimum atomic E-state index is -1.31. The van der Waals surface area contributed by atoms with Crippen LogP contribution in [0.1, 0.15) is 12.8 Å². The zero-order valence-electron chi connectivity index (χ0n) is 8.87. The van der Waals surface area contributed by atoms with E-state index >= 15 is 0 Å². The predicted molar refractivity (Wildman–Crippen MR) is 61.2 cm³/mol. The molecule has 1 N–H and O–H groups in total. The van der Waals surface area contributed by atoms with Gasteiger partial charge in [-0.1, -0.05) is 0 Å². The SMILES string of the molecule is O=C(O)CCCS(=O)c1ccc([N+](=O)[O-])cc1. The third-order valence-electron chi connectivity index (χ3n) is 2.03. The zero-order chi connectivity index (χ0) is 12.8. The van der Waals surface area contributed by atoms with Gasteiger partial charge in [0.15, 0.2) is 0 Å². The Labute approximate surface area is 99.9 Å². The monoisotopic (exact) mass is 257 g/mol. The maximum atomic E-state index is 11.7. The molecule has 0 aliphatic heterocycles. The Morgan fingerprint density at radius 2 is 1.94 bits per heavy atom. The van der Waals surface area contributed by atoms with E-state index in [9.17, 15) is 19.1 Å². The molecular weight excluding hydrogens is 246 g/mol. The summed E-state index contributed by atoms with van der Waals surface area (Å²) in [6.45, 7) is 0. The Bertz CT molecular complexity index is 443. The van der Waals surface area contributed by atoms with E-state index in [0.717, 1.165) is 0 Å². The highest BCUT2D eigenvalue weighted by atomic mass is 32.2. The smallest absolute Gasteiger partial charge is 0.303 e. The van der Waals surface area contributed by atoms with E-state index in [1.165, 1.54) is 24.3 Å². The van der Waals surface area contributed by atoms with Gasteiger partial charge in [0.25, 0.3) is 5.69 Å². The molecule has 0 aliphatic carbocycles. The summed E-state index contributed by atoms with van der Waals surface area (Å²) in [4.78, 5) is 20.6. The molecule has 7 heteroatoms. The molecule has 0 fully saturated rings. The van der Waals surface area contributed by atoms with Crippen molar-refractivity contribution in [3.63, 3.8) is 0 Å². The van der Waals surface area contributed by atoms with Gasteiger partial charge in [0.2, 0.25) is 0 Å². The van der Waals surface area contributed by atoms with E-state index in [4.69, 9.17) is 5.11 Å². The van der Waals surface area contributed by atoms with Crippen LogP contribution in [-0.4, -0.2) is 26.0 Å². The summed E-state index contributed by atoms with van der Waals surface area (Å²) in [7, 11) is -1.31.